The van der Waals surface area contributed by atoms with E-state index in [2.05, 4.69) is 24.3 Å². The van der Waals surface area contributed by atoms with Crippen LogP contribution in [-0.4, -0.2) is 56.6 Å². The van der Waals surface area contributed by atoms with E-state index in [1.165, 1.54) is 0 Å². The maximum absolute atomic E-state index is 5.47. The summed E-state index contributed by atoms with van der Waals surface area (Å²) in [6, 6.07) is 0. The molecule has 0 aromatic rings. The monoisotopic (exact) mass is 159 g/mol. The van der Waals surface area contributed by atoms with E-state index in [1.54, 1.807) is 0 Å². The number of rotatable bonds is 2. The second-order valence-corrected chi connectivity index (χ2v) is 3.83. The molecule has 0 aliphatic carbocycles. The van der Waals surface area contributed by atoms with Crippen molar-refractivity contribution in [2.24, 2.45) is 5.73 Å². The predicted molar refractivity (Wildman–Crippen MR) is 45.6 cm³/mol. The van der Waals surface area contributed by atoms with Gasteiger partial charge in [0, 0.05) is 13.1 Å². The van der Waals surface area contributed by atoms with Gasteiger partial charge in [0.2, 0.25) is 0 Å². The molecular weight excluding hydrogens is 140 g/mol. The Morgan fingerprint density at radius 2 is 2.27 bits per heavy atom. The van der Waals surface area contributed by atoms with Gasteiger partial charge in [-0.05, 0) is 0 Å². The molecule has 11 heavy (non-hydrogen) atoms. The molecular formula is C7H19N4+. The third-order valence-electron chi connectivity index (χ3n) is 1.90. The first kappa shape index (κ1) is 8.93. The van der Waals surface area contributed by atoms with Crippen LogP contribution < -0.4 is 11.1 Å². The maximum Gasteiger partial charge on any atom is 0.136 e. The van der Waals surface area contributed by atoms with Crippen molar-refractivity contribution in [2.75, 3.05) is 47.2 Å². The van der Waals surface area contributed by atoms with Crippen LogP contribution in [-0.2, 0) is 0 Å². The summed E-state index contributed by atoms with van der Waals surface area (Å²) in [5.74, 6) is 0. The van der Waals surface area contributed by atoms with Gasteiger partial charge in [0.1, 0.15) is 13.3 Å². The lowest BCUT2D eigenvalue weighted by atomic mass is 10.5. The Hall–Kier alpha value is -0.160. The standard InChI is InChI=1S/C7H19N4/c1-11(2)6-9-5-10(7-11)4-3-8/h9H,3-8H2,1-2H3/q+1. The Labute approximate surface area is 68.5 Å². The average molecular weight is 159 g/mol. The highest BCUT2D eigenvalue weighted by Gasteiger charge is 2.23. The molecule has 0 aromatic heterocycles. The molecule has 0 bridgehead atoms. The predicted octanol–water partition coefficient (Wildman–Crippen LogP) is -1.20. The van der Waals surface area contributed by atoms with Crippen molar-refractivity contribution in [1.82, 2.24) is 10.2 Å². The number of hydrogen-bond donors (Lipinski definition) is 2. The van der Waals surface area contributed by atoms with Crippen LogP contribution in [0.15, 0.2) is 0 Å². The van der Waals surface area contributed by atoms with E-state index in [9.17, 15) is 0 Å². The molecule has 3 N–H and O–H groups in total. The van der Waals surface area contributed by atoms with Crippen LogP contribution >= 0.6 is 0 Å². The first-order valence-corrected chi connectivity index (χ1v) is 4.09. The molecule has 0 amide bonds. The van der Waals surface area contributed by atoms with Gasteiger partial charge in [0.05, 0.1) is 20.8 Å². The highest BCUT2D eigenvalue weighted by Crippen LogP contribution is 2.02. The van der Waals surface area contributed by atoms with Gasteiger partial charge in [-0.2, -0.15) is 0 Å². The first-order chi connectivity index (χ1) is 5.14. The minimum atomic E-state index is 0.752. The third-order valence-corrected chi connectivity index (χ3v) is 1.90. The van der Waals surface area contributed by atoms with Crippen molar-refractivity contribution in [3.05, 3.63) is 0 Å². The molecule has 0 spiro atoms. The number of nitrogens with two attached hydrogens (primary N) is 1. The van der Waals surface area contributed by atoms with Gasteiger partial charge in [-0.15, -0.1) is 0 Å². The summed E-state index contributed by atoms with van der Waals surface area (Å²) < 4.78 is 1.01. The van der Waals surface area contributed by atoms with E-state index in [0.717, 1.165) is 37.6 Å². The van der Waals surface area contributed by atoms with E-state index in [-0.39, 0.29) is 0 Å². The zero-order valence-electron chi connectivity index (χ0n) is 7.51. The third kappa shape index (κ3) is 2.75. The highest BCUT2D eigenvalue weighted by molar-refractivity contribution is 4.54. The van der Waals surface area contributed by atoms with E-state index >= 15 is 0 Å². The van der Waals surface area contributed by atoms with Gasteiger partial charge in [-0.25, -0.2) is 4.90 Å². The normalized spacial score (nSPS) is 25.4. The van der Waals surface area contributed by atoms with Crippen LogP contribution in [0.1, 0.15) is 0 Å². The Balaban J connectivity index is 2.34. The molecule has 4 heteroatoms. The molecule has 0 saturated carbocycles. The van der Waals surface area contributed by atoms with Gasteiger partial charge in [0.15, 0.2) is 0 Å². The zero-order chi connectivity index (χ0) is 8.32. The van der Waals surface area contributed by atoms with Crippen LogP contribution in [0.4, 0.5) is 0 Å². The Kier molecular flexibility index (Phi) is 2.84. The Morgan fingerprint density at radius 1 is 1.55 bits per heavy atom. The summed E-state index contributed by atoms with van der Waals surface area (Å²) in [6.07, 6.45) is 0. The minimum absolute atomic E-state index is 0.752. The zero-order valence-corrected chi connectivity index (χ0v) is 7.51. The van der Waals surface area contributed by atoms with Crippen molar-refractivity contribution in [3.63, 3.8) is 0 Å². The lowest BCUT2D eigenvalue weighted by Crippen LogP contribution is -2.61. The summed E-state index contributed by atoms with van der Waals surface area (Å²) in [6.45, 7) is 4.89. The molecule has 1 aliphatic heterocycles. The van der Waals surface area contributed by atoms with Crippen LogP contribution in [0.3, 0.4) is 0 Å². The van der Waals surface area contributed by atoms with Gasteiger partial charge in [-0.3, -0.25) is 5.32 Å². The van der Waals surface area contributed by atoms with E-state index in [1.807, 2.05) is 0 Å². The second kappa shape index (κ2) is 3.49. The molecule has 1 saturated heterocycles. The van der Waals surface area contributed by atoms with E-state index in [0.29, 0.717) is 0 Å². The Morgan fingerprint density at radius 3 is 2.82 bits per heavy atom. The van der Waals surface area contributed by atoms with Gasteiger partial charge < -0.3 is 10.2 Å². The van der Waals surface area contributed by atoms with Crippen molar-refractivity contribution in [3.8, 4) is 0 Å². The second-order valence-electron chi connectivity index (χ2n) is 3.83. The lowest BCUT2D eigenvalue weighted by molar-refractivity contribution is -0.909. The molecule has 0 atom stereocenters. The van der Waals surface area contributed by atoms with Crippen molar-refractivity contribution in [1.29, 1.82) is 0 Å². The Bertz CT molecular complexity index is 122. The average Bonchev–Trinajstić information content (AvgIpc) is 1.85. The van der Waals surface area contributed by atoms with Crippen LogP contribution in [0.25, 0.3) is 0 Å². The summed E-state index contributed by atoms with van der Waals surface area (Å²) in [5, 5.41) is 3.35. The smallest absolute Gasteiger partial charge is 0.136 e. The number of hydrogen-bond acceptors (Lipinski definition) is 3. The maximum atomic E-state index is 5.47. The first-order valence-electron chi connectivity index (χ1n) is 4.09. The molecule has 0 aromatic carbocycles. The summed E-state index contributed by atoms with van der Waals surface area (Å²) in [4.78, 5) is 2.34. The molecule has 1 heterocycles. The van der Waals surface area contributed by atoms with Gasteiger partial charge in [0.25, 0.3) is 0 Å². The molecule has 1 rings (SSSR count). The summed E-state index contributed by atoms with van der Waals surface area (Å²) in [7, 11) is 4.44. The fourth-order valence-electron chi connectivity index (χ4n) is 1.48. The summed E-state index contributed by atoms with van der Waals surface area (Å²) >= 11 is 0. The van der Waals surface area contributed by atoms with Crippen LogP contribution in [0.5, 0.6) is 0 Å². The summed E-state index contributed by atoms with van der Waals surface area (Å²) in [5.41, 5.74) is 5.47. The molecule has 4 nitrogen and oxygen atoms in total. The van der Waals surface area contributed by atoms with Crippen molar-refractivity contribution >= 4 is 0 Å². The van der Waals surface area contributed by atoms with E-state index in [4.69, 9.17) is 5.73 Å². The number of nitrogens with one attached hydrogen (secondary N) is 1. The fourth-order valence-corrected chi connectivity index (χ4v) is 1.48. The topological polar surface area (TPSA) is 41.3 Å². The number of nitrogens with zero attached hydrogens (tertiary/aromatic N) is 2. The SMILES string of the molecule is C[N+]1(C)CNCN(CCN)C1. The minimum Gasteiger partial charge on any atom is -0.329 e. The van der Waals surface area contributed by atoms with E-state index < -0.39 is 0 Å². The molecule has 66 valence electrons. The quantitative estimate of drug-likeness (QED) is 0.497. The number of quaternary nitrogens is 1. The highest BCUT2D eigenvalue weighted by atomic mass is 15.5. The van der Waals surface area contributed by atoms with Crippen LogP contribution in [0.2, 0.25) is 0 Å². The largest absolute Gasteiger partial charge is 0.329 e. The fraction of sp³-hybridized carbons (Fsp3) is 1.00. The van der Waals surface area contributed by atoms with Crippen molar-refractivity contribution < 1.29 is 4.48 Å². The lowest BCUT2D eigenvalue weighted by Gasteiger charge is -2.40. The van der Waals surface area contributed by atoms with Gasteiger partial charge in [-0.1, -0.05) is 0 Å². The van der Waals surface area contributed by atoms with Gasteiger partial charge >= 0.3 is 0 Å². The van der Waals surface area contributed by atoms with Crippen LogP contribution in [0, 0.1) is 0 Å². The molecule has 0 radical (unpaired) electrons. The molecule has 0 unspecified atom stereocenters. The molecule has 1 aliphatic rings. The van der Waals surface area contributed by atoms with Crippen molar-refractivity contribution in [2.45, 2.75) is 0 Å². The molecule has 1 fully saturated rings.